The van der Waals surface area contributed by atoms with Gasteiger partial charge in [-0.2, -0.15) is 0 Å². The average molecular weight is 254 g/mol. The van der Waals surface area contributed by atoms with Crippen LogP contribution in [0.4, 0.5) is 0 Å². The summed E-state index contributed by atoms with van der Waals surface area (Å²) in [6, 6.07) is 0.859. The Morgan fingerprint density at radius 3 is 2.39 bits per heavy atom. The molecule has 0 spiro atoms. The molecular weight excluding hydrogens is 220 g/mol. The van der Waals surface area contributed by atoms with Crippen LogP contribution in [0.3, 0.4) is 0 Å². The molecule has 108 valence electrons. The molecule has 0 heterocycles. The van der Waals surface area contributed by atoms with E-state index in [4.69, 9.17) is 0 Å². The predicted octanol–water partition coefficient (Wildman–Crippen LogP) is 3.52. The van der Waals surface area contributed by atoms with Gasteiger partial charge in [0, 0.05) is 6.04 Å². The number of rotatable bonds is 8. The van der Waals surface area contributed by atoms with E-state index >= 15 is 0 Å². The van der Waals surface area contributed by atoms with Crippen molar-refractivity contribution >= 4 is 0 Å². The molecule has 2 nitrogen and oxygen atoms in total. The van der Waals surface area contributed by atoms with E-state index in [1.165, 1.54) is 51.6 Å². The Balaban J connectivity index is 2.04. The van der Waals surface area contributed by atoms with Gasteiger partial charge < -0.3 is 10.2 Å². The van der Waals surface area contributed by atoms with Crippen molar-refractivity contribution < 1.29 is 0 Å². The quantitative estimate of drug-likeness (QED) is 0.667. The van der Waals surface area contributed by atoms with Crippen molar-refractivity contribution in [1.82, 2.24) is 10.2 Å². The third-order valence-corrected chi connectivity index (χ3v) is 4.43. The molecule has 0 saturated heterocycles. The predicted molar refractivity (Wildman–Crippen MR) is 81.0 cm³/mol. The SMILES string of the molecule is CCC1CCC(N(C)CCCNCC(C)C)CC1. The lowest BCUT2D eigenvalue weighted by Gasteiger charge is -2.34. The van der Waals surface area contributed by atoms with Gasteiger partial charge in [-0.05, 0) is 70.6 Å². The minimum absolute atomic E-state index is 0.770. The van der Waals surface area contributed by atoms with Gasteiger partial charge >= 0.3 is 0 Å². The van der Waals surface area contributed by atoms with Gasteiger partial charge in [0.15, 0.2) is 0 Å². The second-order valence-electron chi connectivity index (χ2n) is 6.51. The first kappa shape index (κ1) is 16.0. The Labute approximate surface area is 115 Å². The van der Waals surface area contributed by atoms with Gasteiger partial charge in [0.25, 0.3) is 0 Å². The highest BCUT2D eigenvalue weighted by molar-refractivity contribution is 4.77. The number of hydrogen-bond acceptors (Lipinski definition) is 2. The van der Waals surface area contributed by atoms with Gasteiger partial charge in [-0.3, -0.25) is 0 Å². The van der Waals surface area contributed by atoms with E-state index in [1.54, 1.807) is 0 Å². The molecule has 18 heavy (non-hydrogen) atoms. The average Bonchev–Trinajstić information content (AvgIpc) is 2.38. The van der Waals surface area contributed by atoms with E-state index in [0.29, 0.717) is 0 Å². The highest BCUT2D eigenvalue weighted by Crippen LogP contribution is 2.28. The smallest absolute Gasteiger partial charge is 0.00924 e. The standard InChI is InChI=1S/C16H34N2/c1-5-15-7-9-16(10-8-15)18(4)12-6-11-17-13-14(2)3/h14-17H,5-13H2,1-4H3. The van der Waals surface area contributed by atoms with E-state index in [-0.39, 0.29) is 0 Å². The van der Waals surface area contributed by atoms with Crippen molar-refractivity contribution in [2.45, 2.75) is 65.3 Å². The van der Waals surface area contributed by atoms with Gasteiger partial charge in [0.1, 0.15) is 0 Å². The van der Waals surface area contributed by atoms with Crippen molar-refractivity contribution in [2.24, 2.45) is 11.8 Å². The molecule has 1 saturated carbocycles. The fraction of sp³-hybridized carbons (Fsp3) is 1.00. The van der Waals surface area contributed by atoms with E-state index < -0.39 is 0 Å². The van der Waals surface area contributed by atoms with Crippen molar-refractivity contribution in [3.05, 3.63) is 0 Å². The summed E-state index contributed by atoms with van der Waals surface area (Å²) in [4.78, 5) is 2.60. The van der Waals surface area contributed by atoms with Gasteiger partial charge in [0.05, 0.1) is 0 Å². The summed E-state index contributed by atoms with van der Waals surface area (Å²) in [5, 5.41) is 3.53. The molecule has 0 aromatic carbocycles. The van der Waals surface area contributed by atoms with Crippen molar-refractivity contribution in [3.63, 3.8) is 0 Å². The van der Waals surface area contributed by atoms with Crippen LogP contribution in [0.15, 0.2) is 0 Å². The van der Waals surface area contributed by atoms with Crippen molar-refractivity contribution in [2.75, 3.05) is 26.7 Å². The summed E-state index contributed by atoms with van der Waals surface area (Å²) >= 11 is 0. The number of hydrogen-bond donors (Lipinski definition) is 1. The van der Waals surface area contributed by atoms with E-state index in [9.17, 15) is 0 Å². The van der Waals surface area contributed by atoms with Crippen LogP contribution < -0.4 is 5.32 Å². The zero-order valence-corrected chi connectivity index (χ0v) is 13.0. The zero-order chi connectivity index (χ0) is 13.4. The Morgan fingerprint density at radius 2 is 1.83 bits per heavy atom. The summed E-state index contributed by atoms with van der Waals surface area (Å²) in [7, 11) is 2.32. The Kier molecular flexibility index (Phi) is 7.92. The molecule has 0 aromatic rings. The van der Waals surface area contributed by atoms with Crippen LogP contribution in [-0.4, -0.2) is 37.6 Å². The van der Waals surface area contributed by atoms with Gasteiger partial charge in [-0.25, -0.2) is 0 Å². The molecule has 0 bridgehead atoms. The molecule has 0 aromatic heterocycles. The number of nitrogens with zero attached hydrogens (tertiary/aromatic N) is 1. The molecule has 1 aliphatic rings. The van der Waals surface area contributed by atoms with Gasteiger partial charge in [0.2, 0.25) is 0 Å². The van der Waals surface area contributed by atoms with Crippen molar-refractivity contribution in [3.8, 4) is 0 Å². The topological polar surface area (TPSA) is 15.3 Å². The molecule has 1 N–H and O–H groups in total. The molecule has 1 rings (SSSR count). The largest absolute Gasteiger partial charge is 0.316 e. The first-order chi connectivity index (χ1) is 8.63. The Morgan fingerprint density at radius 1 is 1.17 bits per heavy atom. The molecule has 0 atom stereocenters. The van der Waals surface area contributed by atoms with E-state index in [2.05, 4.69) is 38.0 Å². The lowest BCUT2D eigenvalue weighted by Crippen LogP contribution is -2.36. The third kappa shape index (κ3) is 6.19. The van der Waals surface area contributed by atoms with Crippen LogP contribution >= 0.6 is 0 Å². The second-order valence-corrected chi connectivity index (χ2v) is 6.51. The Bertz CT molecular complexity index is 195. The maximum Gasteiger partial charge on any atom is 0.00924 e. The summed E-state index contributed by atoms with van der Waals surface area (Å²) < 4.78 is 0. The first-order valence-electron chi connectivity index (χ1n) is 8.04. The summed E-state index contributed by atoms with van der Waals surface area (Å²) in [5.41, 5.74) is 0. The normalized spacial score (nSPS) is 25.0. The fourth-order valence-corrected chi connectivity index (χ4v) is 3.02. The molecule has 1 fully saturated rings. The van der Waals surface area contributed by atoms with E-state index in [1.807, 2.05) is 0 Å². The maximum atomic E-state index is 3.53. The Hall–Kier alpha value is -0.0800. The molecule has 2 heteroatoms. The van der Waals surface area contributed by atoms with Crippen LogP contribution in [0.2, 0.25) is 0 Å². The zero-order valence-electron chi connectivity index (χ0n) is 13.0. The van der Waals surface area contributed by atoms with Crippen LogP contribution in [0.5, 0.6) is 0 Å². The highest BCUT2D eigenvalue weighted by atomic mass is 15.1. The first-order valence-corrected chi connectivity index (χ1v) is 8.04. The molecule has 0 unspecified atom stereocenters. The van der Waals surface area contributed by atoms with Crippen LogP contribution in [-0.2, 0) is 0 Å². The molecule has 0 aliphatic heterocycles. The monoisotopic (exact) mass is 254 g/mol. The summed E-state index contributed by atoms with van der Waals surface area (Å²) in [6.45, 7) is 10.5. The van der Waals surface area contributed by atoms with Gasteiger partial charge in [-0.15, -0.1) is 0 Å². The molecule has 1 aliphatic carbocycles. The highest BCUT2D eigenvalue weighted by Gasteiger charge is 2.22. The van der Waals surface area contributed by atoms with Crippen molar-refractivity contribution in [1.29, 1.82) is 0 Å². The maximum absolute atomic E-state index is 3.53. The van der Waals surface area contributed by atoms with E-state index in [0.717, 1.165) is 24.4 Å². The minimum Gasteiger partial charge on any atom is -0.316 e. The summed E-state index contributed by atoms with van der Waals surface area (Å²) in [6.07, 6.45) is 8.43. The molecule has 0 amide bonds. The minimum atomic E-state index is 0.770. The third-order valence-electron chi connectivity index (χ3n) is 4.43. The van der Waals surface area contributed by atoms with Crippen LogP contribution in [0, 0.1) is 11.8 Å². The second kappa shape index (κ2) is 8.92. The molecule has 0 radical (unpaired) electrons. The van der Waals surface area contributed by atoms with Crippen LogP contribution in [0.25, 0.3) is 0 Å². The number of nitrogens with one attached hydrogen (secondary N) is 1. The van der Waals surface area contributed by atoms with Crippen LogP contribution in [0.1, 0.15) is 59.3 Å². The lowest BCUT2D eigenvalue weighted by molar-refractivity contribution is 0.162. The molecular formula is C16H34N2. The fourth-order valence-electron chi connectivity index (χ4n) is 3.02. The summed E-state index contributed by atoms with van der Waals surface area (Å²) in [5.74, 6) is 1.79. The lowest BCUT2D eigenvalue weighted by atomic mass is 9.84. The van der Waals surface area contributed by atoms with Gasteiger partial charge in [-0.1, -0.05) is 27.2 Å².